The maximum atomic E-state index is 11.9. The number of amides is 1. The average Bonchev–Trinajstić information content (AvgIpc) is 2.50. The Bertz CT molecular complexity index is 503. The van der Waals surface area contributed by atoms with E-state index in [0.29, 0.717) is 12.5 Å². The van der Waals surface area contributed by atoms with Gasteiger partial charge in [0.15, 0.2) is 5.96 Å². The van der Waals surface area contributed by atoms with Crippen molar-refractivity contribution in [3.63, 3.8) is 0 Å². The SMILES string of the molecule is C=CCNC(=NCC(=O)Nc1cccc(CC)c1)NCC.I. The van der Waals surface area contributed by atoms with Gasteiger partial charge in [-0.15, -0.1) is 30.6 Å². The summed E-state index contributed by atoms with van der Waals surface area (Å²) in [6.07, 6.45) is 2.68. The molecule has 0 fully saturated rings. The van der Waals surface area contributed by atoms with Crippen molar-refractivity contribution in [1.29, 1.82) is 0 Å². The van der Waals surface area contributed by atoms with Gasteiger partial charge >= 0.3 is 0 Å². The lowest BCUT2D eigenvalue weighted by Crippen LogP contribution is -2.38. The van der Waals surface area contributed by atoms with Crippen LogP contribution in [0, 0.1) is 0 Å². The van der Waals surface area contributed by atoms with E-state index >= 15 is 0 Å². The van der Waals surface area contributed by atoms with E-state index in [0.717, 1.165) is 18.7 Å². The highest BCUT2D eigenvalue weighted by atomic mass is 127. The Kier molecular flexibility index (Phi) is 11.2. The van der Waals surface area contributed by atoms with Crippen LogP contribution in [0.5, 0.6) is 0 Å². The summed E-state index contributed by atoms with van der Waals surface area (Å²) in [6.45, 7) is 9.11. The van der Waals surface area contributed by atoms with Gasteiger partial charge in [0.2, 0.25) is 5.91 Å². The van der Waals surface area contributed by atoms with Crippen LogP contribution in [0.1, 0.15) is 19.4 Å². The van der Waals surface area contributed by atoms with Gasteiger partial charge in [0, 0.05) is 18.8 Å². The summed E-state index contributed by atoms with van der Waals surface area (Å²) in [5.74, 6) is 0.467. The molecule has 0 heterocycles. The zero-order chi connectivity index (χ0) is 15.5. The van der Waals surface area contributed by atoms with Crippen molar-refractivity contribution in [2.75, 3.05) is 25.0 Å². The molecule has 3 N–H and O–H groups in total. The van der Waals surface area contributed by atoms with Crippen LogP contribution in [0.25, 0.3) is 0 Å². The van der Waals surface area contributed by atoms with E-state index in [4.69, 9.17) is 0 Å². The number of benzene rings is 1. The first-order chi connectivity index (χ1) is 10.2. The van der Waals surface area contributed by atoms with Crippen molar-refractivity contribution in [1.82, 2.24) is 10.6 Å². The van der Waals surface area contributed by atoms with Gasteiger partial charge in [-0.1, -0.05) is 25.1 Å². The molecule has 22 heavy (non-hydrogen) atoms. The summed E-state index contributed by atoms with van der Waals surface area (Å²) >= 11 is 0. The second-order valence-corrected chi connectivity index (χ2v) is 4.47. The zero-order valence-corrected chi connectivity index (χ0v) is 15.5. The minimum atomic E-state index is -0.140. The first-order valence-corrected chi connectivity index (χ1v) is 7.21. The van der Waals surface area contributed by atoms with Crippen molar-refractivity contribution in [2.24, 2.45) is 4.99 Å². The molecule has 0 aliphatic heterocycles. The lowest BCUT2D eigenvalue weighted by Gasteiger charge is -2.09. The molecule has 0 bridgehead atoms. The van der Waals surface area contributed by atoms with Gasteiger partial charge in [-0.2, -0.15) is 0 Å². The van der Waals surface area contributed by atoms with Crippen molar-refractivity contribution in [3.8, 4) is 0 Å². The fraction of sp³-hybridized carbons (Fsp3) is 0.375. The van der Waals surface area contributed by atoms with Crippen LogP contribution in [0.15, 0.2) is 41.9 Å². The number of rotatable bonds is 7. The predicted molar refractivity (Wildman–Crippen MR) is 104 cm³/mol. The van der Waals surface area contributed by atoms with Gasteiger partial charge in [0.25, 0.3) is 0 Å². The Morgan fingerprint density at radius 1 is 1.32 bits per heavy atom. The van der Waals surface area contributed by atoms with Gasteiger partial charge < -0.3 is 16.0 Å². The Labute approximate surface area is 149 Å². The number of nitrogens with one attached hydrogen (secondary N) is 3. The molecule has 0 saturated heterocycles. The van der Waals surface area contributed by atoms with E-state index in [1.807, 2.05) is 31.2 Å². The van der Waals surface area contributed by atoms with Crippen LogP contribution in [-0.4, -0.2) is 31.5 Å². The second kappa shape index (κ2) is 12.0. The molecule has 1 aromatic carbocycles. The third kappa shape index (κ3) is 8.02. The second-order valence-electron chi connectivity index (χ2n) is 4.47. The Balaban J connectivity index is 0.00000441. The molecule has 0 radical (unpaired) electrons. The van der Waals surface area contributed by atoms with Crippen molar-refractivity contribution in [2.45, 2.75) is 20.3 Å². The molecule has 6 heteroatoms. The molecule has 0 aromatic heterocycles. The standard InChI is InChI=1S/C16H24N4O.HI/c1-4-10-18-16(17-6-3)19-12-15(21)20-14-9-7-8-13(5-2)11-14;/h4,7-9,11H,1,5-6,10,12H2,2-3H3,(H,20,21)(H2,17,18,19);1H. The smallest absolute Gasteiger partial charge is 0.246 e. The van der Waals surface area contributed by atoms with E-state index in [-0.39, 0.29) is 36.4 Å². The summed E-state index contributed by atoms with van der Waals surface area (Å²) in [6, 6.07) is 7.83. The van der Waals surface area contributed by atoms with Crippen molar-refractivity contribution >= 4 is 41.5 Å². The summed E-state index contributed by atoms with van der Waals surface area (Å²) in [4.78, 5) is 16.1. The molecule has 0 saturated carbocycles. The number of carbonyl (C=O) groups excluding carboxylic acids is 1. The zero-order valence-electron chi connectivity index (χ0n) is 13.2. The maximum Gasteiger partial charge on any atom is 0.246 e. The van der Waals surface area contributed by atoms with Crippen molar-refractivity contribution in [3.05, 3.63) is 42.5 Å². The van der Waals surface area contributed by atoms with E-state index in [1.54, 1.807) is 6.08 Å². The molecular formula is C16H25IN4O. The number of nitrogens with zero attached hydrogens (tertiary/aromatic N) is 1. The molecule has 0 unspecified atom stereocenters. The van der Waals surface area contributed by atoms with Crippen LogP contribution < -0.4 is 16.0 Å². The maximum absolute atomic E-state index is 11.9. The van der Waals surface area contributed by atoms with Crippen LogP contribution in [0.3, 0.4) is 0 Å². The highest BCUT2D eigenvalue weighted by molar-refractivity contribution is 14.0. The molecule has 0 spiro atoms. The number of carbonyl (C=O) groups is 1. The number of hydrogen-bond donors (Lipinski definition) is 3. The number of aliphatic imine (C=N–C) groups is 1. The van der Waals surface area contributed by atoms with Crippen molar-refractivity contribution < 1.29 is 4.79 Å². The normalized spacial score (nSPS) is 10.4. The highest BCUT2D eigenvalue weighted by Crippen LogP contribution is 2.10. The summed E-state index contributed by atoms with van der Waals surface area (Å²) < 4.78 is 0. The highest BCUT2D eigenvalue weighted by Gasteiger charge is 2.03. The number of halogens is 1. The third-order valence-corrected chi connectivity index (χ3v) is 2.76. The number of guanidine groups is 1. The van der Waals surface area contributed by atoms with Crippen LogP contribution in [0.4, 0.5) is 5.69 Å². The molecule has 0 aliphatic carbocycles. The monoisotopic (exact) mass is 416 g/mol. The largest absolute Gasteiger partial charge is 0.357 e. The minimum absolute atomic E-state index is 0. The van der Waals surface area contributed by atoms with Crippen LogP contribution in [-0.2, 0) is 11.2 Å². The van der Waals surface area contributed by atoms with E-state index in [2.05, 4.69) is 34.4 Å². The number of anilines is 1. The van der Waals surface area contributed by atoms with E-state index in [1.165, 1.54) is 5.56 Å². The first-order valence-electron chi connectivity index (χ1n) is 7.21. The van der Waals surface area contributed by atoms with Gasteiger partial charge in [0.1, 0.15) is 6.54 Å². The molecule has 0 atom stereocenters. The average molecular weight is 416 g/mol. The summed E-state index contributed by atoms with van der Waals surface area (Å²) in [5, 5.41) is 8.96. The van der Waals surface area contributed by atoms with Gasteiger partial charge in [0.05, 0.1) is 0 Å². The predicted octanol–water partition coefficient (Wildman–Crippen LogP) is 2.55. The Hall–Kier alpha value is -1.57. The lowest BCUT2D eigenvalue weighted by molar-refractivity contribution is -0.114. The van der Waals surface area contributed by atoms with Gasteiger partial charge in [-0.25, -0.2) is 4.99 Å². The number of hydrogen-bond acceptors (Lipinski definition) is 2. The lowest BCUT2D eigenvalue weighted by atomic mass is 10.1. The summed E-state index contributed by atoms with van der Waals surface area (Å²) in [7, 11) is 0. The molecule has 5 nitrogen and oxygen atoms in total. The van der Waals surface area contributed by atoms with E-state index < -0.39 is 0 Å². The first kappa shape index (κ1) is 20.4. The molecule has 0 aliphatic rings. The minimum Gasteiger partial charge on any atom is -0.357 e. The Morgan fingerprint density at radius 2 is 2.09 bits per heavy atom. The van der Waals surface area contributed by atoms with Crippen LogP contribution in [0.2, 0.25) is 0 Å². The molecule has 1 aromatic rings. The third-order valence-electron chi connectivity index (χ3n) is 2.76. The van der Waals surface area contributed by atoms with Gasteiger partial charge in [-0.3, -0.25) is 4.79 Å². The molecule has 122 valence electrons. The van der Waals surface area contributed by atoms with Gasteiger partial charge in [-0.05, 0) is 31.0 Å². The summed E-state index contributed by atoms with van der Waals surface area (Å²) in [5.41, 5.74) is 2.00. The topological polar surface area (TPSA) is 65.5 Å². The molecule has 1 amide bonds. The Morgan fingerprint density at radius 3 is 2.73 bits per heavy atom. The van der Waals surface area contributed by atoms with E-state index in [9.17, 15) is 4.79 Å². The fourth-order valence-electron chi connectivity index (χ4n) is 1.73. The fourth-order valence-corrected chi connectivity index (χ4v) is 1.73. The molecule has 1 rings (SSSR count). The molecular weight excluding hydrogens is 391 g/mol. The number of aryl methyl sites for hydroxylation is 1. The van der Waals surface area contributed by atoms with Crippen LogP contribution >= 0.6 is 24.0 Å². The quantitative estimate of drug-likeness (QED) is 0.277.